The maximum atomic E-state index is 14.6. The van der Waals surface area contributed by atoms with Crippen molar-refractivity contribution in [3.05, 3.63) is 0 Å². The molecule has 26 atom stereocenters. The van der Waals surface area contributed by atoms with Gasteiger partial charge in [-0.3, -0.25) is 4.79 Å². The first-order valence-corrected chi connectivity index (χ1v) is 23.2. The molecule has 5 saturated heterocycles. The Morgan fingerprint density at radius 2 is 1.34 bits per heavy atom. The Morgan fingerprint density at radius 1 is 0.694 bits per heavy atom. The van der Waals surface area contributed by atoms with Gasteiger partial charge in [0.2, 0.25) is 0 Å². The maximum absolute atomic E-state index is 14.6. The second kappa shape index (κ2) is 17.3. The summed E-state index contributed by atoms with van der Waals surface area (Å²) in [6, 6.07) is 0. The minimum Gasteiger partial charge on any atom is -0.394 e. The highest BCUT2D eigenvalue weighted by Gasteiger charge is 2.72. The molecule has 0 bridgehead atoms. The molecule has 5 aliphatic heterocycles. The van der Waals surface area contributed by atoms with Gasteiger partial charge in [0.15, 0.2) is 24.7 Å². The molecule has 0 unspecified atom stereocenters. The number of carbonyl (C=O) groups is 1. The van der Waals surface area contributed by atoms with Crippen LogP contribution in [0.1, 0.15) is 85.5 Å². The summed E-state index contributed by atoms with van der Waals surface area (Å²) < 4.78 is 48.3. The van der Waals surface area contributed by atoms with E-state index < -0.39 is 117 Å². The molecule has 9 rings (SSSR count). The van der Waals surface area contributed by atoms with Gasteiger partial charge in [-0.05, 0) is 80.0 Å². The third-order valence-corrected chi connectivity index (χ3v) is 17.8. The SMILES string of the molecule is C[C@@H]1CC[C@@]2(OC1)O[C@H]1C[C@H]3[C@@H]4CC[C@H]5C[C@@H](O[C@@H]6O[C@H](CO)[C@@H](O)[C@H](O[C@@H]7O[C@H](CO)[C@@H](O)[C@H](O[C@@H]8OC[C@@H](O)[C@H](O)[C@H]8O)[C@H]7O)[C@H]6O)CC[C@]5(C)[C@H]4CC(=O)[C@]3(C)[C@H]1[C@H]2C. The molecule has 0 aromatic heterocycles. The van der Waals surface area contributed by atoms with Crippen molar-refractivity contribution in [2.75, 3.05) is 26.4 Å². The van der Waals surface area contributed by atoms with Crippen molar-refractivity contribution in [3.63, 3.8) is 0 Å². The second-order valence-corrected chi connectivity index (χ2v) is 20.9. The summed E-state index contributed by atoms with van der Waals surface area (Å²) in [6.07, 6.45) is -15.2. The highest BCUT2D eigenvalue weighted by molar-refractivity contribution is 5.87. The van der Waals surface area contributed by atoms with Gasteiger partial charge in [0.1, 0.15) is 72.9 Å². The van der Waals surface area contributed by atoms with Crippen LogP contribution in [-0.4, -0.2) is 182 Å². The number of ether oxygens (including phenoxy) is 8. The van der Waals surface area contributed by atoms with E-state index in [1.54, 1.807) is 0 Å². The van der Waals surface area contributed by atoms with Crippen LogP contribution in [0, 0.1) is 52.3 Å². The van der Waals surface area contributed by atoms with Crippen molar-refractivity contribution in [2.45, 2.75) is 189 Å². The predicted octanol–water partition coefficient (Wildman–Crippen LogP) is -0.915. The fraction of sp³-hybridized carbons (Fsp3) is 0.977. The minimum absolute atomic E-state index is 0.0168. The summed E-state index contributed by atoms with van der Waals surface area (Å²) in [7, 11) is 0. The zero-order chi connectivity index (χ0) is 44.2. The Morgan fingerprint density at radius 3 is 1.97 bits per heavy atom. The van der Waals surface area contributed by atoms with E-state index in [1.165, 1.54) is 0 Å². The monoisotopic (exact) mass is 886 g/mol. The quantitative estimate of drug-likeness (QED) is 0.133. The van der Waals surface area contributed by atoms with Gasteiger partial charge in [-0.15, -0.1) is 0 Å². The highest BCUT2D eigenvalue weighted by atomic mass is 16.8. The zero-order valence-electron chi connectivity index (χ0n) is 36.2. The molecule has 0 aromatic carbocycles. The van der Waals surface area contributed by atoms with Crippen LogP contribution >= 0.6 is 0 Å². The van der Waals surface area contributed by atoms with Crippen LogP contribution < -0.4 is 0 Å². The van der Waals surface area contributed by atoms with Crippen molar-refractivity contribution < 1.29 is 88.6 Å². The van der Waals surface area contributed by atoms with Gasteiger partial charge in [-0.25, -0.2) is 0 Å². The van der Waals surface area contributed by atoms with Gasteiger partial charge in [-0.2, -0.15) is 0 Å². The number of fused-ring (bicyclic) bond motifs is 7. The first-order valence-electron chi connectivity index (χ1n) is 23.2. The van der Waals surface area contributed by atoms with Crippen LogP contribution in [0.2, 0.25) is 0 Å². The summed E-state index contributed by atoms with van der Waals surface area (Å²) in [4.78, 5) is 14.6. The Balaban J connectivity index is 0.854. The number of hydrogen-bond acceptors (Lipinski definition) is 18. The molecule has 0 aromatic rings. The fourth-order valence-electron chi connectivity index (χ4n) is 14.1. The number of aliphatic hydroxyl groups excluding tert-OH is 9. The molecule has 9 N–H and O–H groups in total. The molecule has 9 aliphatic rings. The summed E-state index contributed by atoms with van der Waals surface area (Å²) in [5, 5.41) is 95.8. The van der Waals surface area contributed by atoms with Gasteiger partial charge < -0.3 is 83.9 Å². The molecular formula is C44H70O18. The van der Waals surface area contributed by atoms with Crippen molar-refractivity contribution in [1.82, 2.24) is 0 Å². The summed E-state index contributed by atoms with van der Waals surface area (Å²) in [6.45, 7) is 7.86. The number of ketones is 1. The van der Waals surface area contributed by atoms with Crippen molar-refractivity contribution >= 4 is 5.78 Å². The number of carbonyl (C=O) groups excluding carboxylic acids is 1. The molecule has 1 spiro atoms. The fourth-order valence-corrected chi connectivity index (χ4v) is 14.1. The molecule has 354 valence electrons. The lowest BCUT2D eigenvalue weighted by molar-refractivity contribution is -0.379. The van der Waals surface area contributed by atoms with Gasteiger partial charge in [0, 0.05) is 30.1 Å². The van der Waals surface area contributed by atoms with Crippen LogP contribution in [-0.2, 0) is 42.7 Å². The van der Waals surface area contributed by atoms with Gasteiger partial charge in [-0.1, -0.05) is 27.7 Å². The first-order chi connectivity index (χ1) is 29.4. The van der Waals surface area contributed by atoms with Crippen LogP contribution in [0.3, 0.4) is 0 Å². The number of aliphatic hydroxyl groups is 9. The molecule has 5 heterocycles. The molecule has 4 saturated carbocycles. The molecule has 0 amide bonds. The van der Waals surface area contributed by atoms with E-state index >= 15 is 0 Å². The zero-order valence-corrected chi connectivity index (χ0v) is 36.2. The molecule has 18 nitrogen and oxygen atoms in total. The summed E-state index contributed by atoms with van der Waals surface area (Å²) in [5.41, 5.74) is -0.551. The van der Waals surface area contributed by atoms with Crippen LogP contribution in [0.25, 0.3) is 0 Å². The molecule has 9 fully saturated rings. The van der Waals surface area contributed by atoms with Crippen LogP contribution in [0.15, 0.2) is 0 Å². The number of hydrogen-bond donors (Lipinski definition) is 9. The largest absolute Gasteiger partial charge is 0.394 e. The van der Waals surface area contributed by atoms with E-state index in [4.69, 9.17) is 37.9 Å². The van der Waals surface area contributed by atoms with Crippen LogP contribution in [0.5, 0.6) is 0 Å². The van der Waals surface area contributed by atoms with E-state index in [1.807, 2.05) is 0 Å². The van der Waals surface area contributed by atoms with Gasteiger partial charge in [0.05, 0.1) is 38.6 Å². The smallest absolute Gasteiger partial charge is 0.187 e. The molecule has 62 heavy (non-hydrogen) atoms. The standard InChI is InChI=1S/C44H70O18/c1-18-7-10-44(56-16-18)19(2)30-26(62-44)12-24-22-6-5-20-11-21(8-9-42(20,3)23(22)13-29(48)43(24,30)4)57-40-35(53)38(33(51)27(14-45)58-40)61-41-36(54)37(32(50)28(15-46)59-41)60-39-34(52)31(49)25(47)17-55-39/h18-28,30-41,45-47,49-54H,5-17H2,1-4H3/t18-,19-,20+,21+,22-,23+,24+,25-,26+,27-,28-,30+,31+,32-,33-,34-,35-,36-,37+,38+,39+,40-,41+,42+,43-,44-/m1/s1. The van der Waals surface area contributed by atoms with E-state index in [2.05, 4.69) is 27.7 Å². The van der Waals surface area contributed by atoms with E-state index in [0.29, 0.717) is 43.5 Å². The van der Waals surface area contributed by atoms with E-state index in [9.17, 15) is 50.8 Å². The predicted molar refractivity (Wildman–Crippen MR) is 210 cm³/mol. The Kier molecular flexibility index (Phi) is 12.8. The Labute approximate surface area is 362 Å². The molecule has 0 radical (unpaired) electrons. The van der Waals surface area contributed by atoms with E-state index in [0.717, 1.165) is 38.5 Å². The Bertz CT molecular complexity index is 1600. The lowest BCUT2D eigenvalue weighted by Crippen LogP contribution is -2.66. The van der Waals surface area contributed by atoms with Crippen molar-refractivity contribution in [2.24, 2.45) is 52.3 Å². The average molecular weight is 887 g/mol. The number of rotatable bonds is 8. The maximum Gasteiger partial charge on any atom is 0.187 e. The topological polar surface area (TPSA) is 273 Å². The Hall–Kier alpha value is -1.01. The second-order valence-electron chi connectivity index (χ2n) is 20.9. The van der Waals surface area contributed by atoms with Crippen molar-refractivity contribution in [3.8, 4) is 0 Å². The van der Waals surface area contributed by atoms with Crippen molar-refractivity contribution in [1.29, 1.82) is 0 Å². The third-order valence-electron chi connectivity index (χ3n) is 17.8. The summed E-state index contributed by atoms with van der Waals surface area (Å²) >= 11 is 0. The number of Topliss-reactive ketones (excluding diaryl/α,β-unsaturated/α-hetero) is 1. The normalized spacial score (nSPS) is 57.8. The first kappa shape index (κ1) is 46.1. The lowest BCUT2D eigenvalue weighted by atomic mass is 9.44. The molecule has 18 heteroatoms. The lowest BCUT2D eigenvalue weighted by Gasteiger charge is -2.60. The molecular weight excluding hydrogens is 816 g/mol. The summed E-state index contributed by atoms with van der Waals surface area (Å²) in [5.74, 6) is 1.68. The van der Waals surface area contributed by atoms with Gasteiger partial charge >= 0.3 is 0 Å². The average Bonchev–Trinajstić information content (AvgIpc) is 3.70. The van der Waals surface area contributed by atoms with E-state index in [-0.39, 0.29) is 47.2 Å². The molecule has 4 aliphatic carbocycles. The van der Waals surface area contributed by atoms with Gasteiger partial charge in [0.25, 0.3) is 0 Å². The van der Waals surface area contributed by atoms with Crippen LogP contribution in [0.4, 0.5) is 0 Å². The minimum atomic E-state index is -1.86. The highest BCUT2D eigenvalue weighted by Crippen LogP contribution is 2.70. The third kappa shape index (κ3) is 7.38.